The number of nitrogens with zero attached hydrogens (tertiary/aromatic N) is 2. The van der Waals surface area contributed by atoms with Gasteiger partial charge < -0.3 is 15.5 Å². The standard InChI is InChI=1S/C16H29N3/c1-13(2)12-19(9-8-18(4)5)16-7-6-14(3)10-15(16)11-17/h6-7,10,13H,8-9,11-12,17H2,1-5H3. The van der Waals surface area contributed by atoms with Crippen LogP contribution in [0.4, 0.5) is 5.69 Å². The largest absolute Gasteiger partial charge is 0.370 e. The monoisotopic (exact) mass is 263 g/mol. The van der Waals surface area contributed by atoms with Crippen LogP contribution in [-0.4, -0.2) is 38.6 Å². The highest BCUT2D eigenvalue weighted by molar-refractivity contribution is 5.55. The van der Waals surface area contributed by atoms with E-state index in [2.05, 4.69) is 62.9 Å². The summed E-state index contributed by atoms with van der Waals surface area (Å²) in [7, 11) is 4.24. The molecule has 0 atom stereocenters. The maximum absolute atomic E-state index is 5.91. The summed E-state index contributed by atoms with van der Waals surface area (Å²) in [6.07, 6.45) is 0. The van der Waals surface area contributed by atoms with Crippen molar-refractivity contribution in [3.63, 3.8) is 0 Å². The van der Waals surface area contributed by atoms with E-state index >= 15 is 0 Å². The van der Waals surface area contributed by atoms with E-state index in [4.69, 9.17) is 5.73 Å². The van der Waals surface area contributed by atoms with Crippen LogP contribution in [0.3, 0.4) is 0 Å². The highest BCUT2D eigenvalue weighted by Gasteiger charge is 2.12. The molecule has 108 valence electrons. The quantitative estimate of drug-likeness (QED) is 0.820. The van der Waals surface area contributed by atoms with Crippen molar-refractivity contribution in [2.45, 2.75) is 27.3 Å². The van der Waals surface area contributed by atoms with Crippen LogP contribution in [0.25, 0.3) is 0 Å². The Hall–Kier alpha value is -1.06. The molecule has 0 aliphatic carbocycles. The number of nitrogens with two attached hydrogens (primary N) is 1. The first-order chi connectivity index (χ1) is 8.93. The molecule has 0 spiro atoms. The molecule has 0 saturated carbocycles. The van der Waals surface area contributed by atoms with Gasteiger partial charge in [-0.25, -0.2) is 0 Å². The van der Waals surface area contributed by atoms with Gasteiger partial charge in [-0.2, -0.15) is 0 Å². The van der Waals surface area contributed by atoms with E-state index < -0.39 is 0 Å². The van der Waals surface area contributed by atoms with Gasteiger partial charge in [-0.3, -0.25) is 0 Å². The third kappa shape index (κ3) is 5.21. The van der Waals surface area contributed by atoms with Crippen molar-refractivity contribution in [3.8, 4) is 0 Å². The lowest BCUT2D eigenvalue weighted by molar-refractivity contribution is 0.409. The second-order valence-corrected chi connectivity index (χ2v) is 5.98. The summed E-state index contributed by atoms with van der Waals surface area (Å²) < 4.78 is 0. The van der Waals surface area contributed by atoms with Crippen molar-refractivity contribution in [2.75, 3.05) is 38.6 Å². The third-order valence-electron chi connectivity index (χ3n) is 3.20. The van der Waals surface area contributed by atoms with Crippen molar-refractivity contribution in [1.29, 1.82) is 0 Å². The molecule has 0 aliphatic rings. The topological polar surface area (TPSA) is 32.5 Å². The zero-order valence-corrected chi connectivity index (χ0v) is 13.1. The van der Waals surface area contributed by atoms with Gasteiger partial charge in [0.25, 0.3) is 0 Å². The zero-order valence-electron chi connectivity index (χ0n) is 13.1. The smallest absolute Gasteiger partial charge is 0.0412 e. The lowest BCUT2D eigenvalue weighted by Gasteiger charge is -2.30. The minimum atomic E-state index is 0.605. The molecule has 2 N–H and O–H groups in total. The van der Waals surface area contributed by atoms with Gasteiger partial charge in [0, 0.05) is 31.9 Å². The van der Waals surface area contributed by atoms with E-state index in [1.165, 1.54) is 16.8 Å². The van der Waals surface area contributed by atoms with Crippen LogP contribution in [0.15, 0.2) is 18.2 Å². The van der Waals surface area contributed by atoms with E-state index in [1.54, 1.807) is 0 Å². The summed E-state index contributed by atoms with van der Waals surface area (Å²) in [5.41, 5.74) is 9.73. The minimum absolute atomic E-state index is 0.605. The molecule has 1 aromatic carbocycles. The lowest BCUT2D eigenvalue weighted by atomic mass is 10.1. The maximum atomic E-state index is 5.91. The number of likely N-dealkylation sites (N-methyl/N-ethyl adjacent to an activating group) is 1. The molecule has 0 unspecified atom stereocenters. The van der Waals surface area contributed by atoms with Crippen molar-refractivity contribution >= 4 is 5.69 Å². The van der Waals surface area contributed by atoms with Crippen LogP contribution < -0.4 is 10.6 Å². The maximum Gasteiger partial charge on any atom is 0.0412 e. The fourth-order valence-electron chi connectivity index (χ4n) is 2.26. The predicted molar refractivity (Wildman–Crippen MR) is 84.7 cm³/mol. The molecule has 0 fully saturated rings. The summed E-state index contributed by atoms with van der Waals surface area (Å²) >= 11 is 0. The van der Waals surface area contributed by atoms with E-state index in [9.17, 15) is 0 Å². The molecule has 0 aromatic heterocycles. The fraction of sp³-hybridized carbons (Fsp3) is 0.625. The zero-order chi connectivity index (χ0) is 14.4. The minimum Gasteiger partial charge on any atom is -0.370 e. The van der Waals surface area contributed by atoms with E-state index in [0.717, 1.165) is 19.6 Å². The molecule has 1 rings (SSSR count). The molecule has 3 nitrogen and oxygen atoms in total. The Morgan fingerprint density at radius 2 is 1.84 bits per heavy atom. The van der Waals surface area contributed by atoms with Crippen molar-refractivity contribution in [3.05, 3.63) is 29.3 Å². The molecule has 19 heavy (non-hydrogen) atoms. The second-order valence-electron chi connectivity index (χ2n) is 5.98. The molecule has 0 bridgehead atoms. The van der Waals surface area contributed by atoms with Gasteiger partial charge in [-0.05, 0) is 38.6 Å². The number of anilines is 1. The number of benzene rings is 1. The van der Waals surface area contributed by atoms with Crippen LogP contribution in [0, 0.1) is 12.8 Å². The van der Waals surface area contributed by atoms with E-state index in [1.807, 2.05) is 0 Å². The molecule has 0 saturated heterocycles. The average Bonchev–Trinajstić information content (AvgIpc) is 2.33. The van der Waals surface area contributed by atoms with Gasteiger partial charge in [0.2, 0.25) is 0 Å². The van der Waals surface area contributed by atoms with Gasteiger partial charge in [0.15, 0.2) is 0 Å². The van der Waals surface area contributed by atoms with E-state index in [-0.39, 0.29) is 0 Å². The number of rotatable bonds is 7. The van der Waals surface area contributed by atoms with Crippen molar-refractivity contribution < 1.29 is 0 Å². The normalized spacial score (nSPS) is 11.4. The van der Waals surface area contributed by atoms with Gasteiger partial charge >= 0.3 is 0 Å². The Bertz CT molecular complexity index is 386. The van der Waals surface area contributed by atoms with Gasteiger partial charge in [0.1, 0.15) is 0 Å². The first-order valence-electron chi connectivity index (χ1n) is 7.13. The summed E-state index contributed by atoms with van der Waals surface area (Å²) in [5.74, 6) is 0.647. The van der Waals surface area contributed by atoms with Gasteiger partial charge in [-0.1, -0.05) is 31.5 Å². The SMILES string of the molecule is Cc1ccc(N(CCN(C)C)CC(C)C)c(CN)c1. The van der Waals surface area contributed by atoms with Crippen LogP contribution in [0.2, 0.25) is 0 Å². The Labute approximate surface area is 118 Å². The molecule has 0 amide bonds. The third-order valence-corrected chi connectivity index (χ3v) is 3.20. The fourth-order valence-corrected chi connectivity index (χ4v) is 2.26. The summed E-state index contributed by atoms with van der Waals surface area (Å²) in [6, 6.07) is 6.60. The van der Waals surface area contributed by atoms with Crippen LogP contribution in [0.5, 0.6) is 0 Å². The Morgan fingerprint density at radius 3 is 2.37 bits per heavy atom. The van der Waals surface area contributed by atoms with Crippen LogP contribution in [-0.2, 0) is 6.54 Å². The summed E-state index contributed by atoms with van der Waals surface area (Å²) in [4.78, 5) is 4.69. The molecule has 3 heteroatoms. The van der Waals surface area contributed by atoms with Crippen LogP contribution >= 0.6 is 0 Å². The van der Waals surface area contributed by atoms with Crippen molar-refractivity contribution in [1.82, 2.24) is 4.90 Å². The van der Waals surface area contributed by atoms with Gasteiger partial charge in [0.05, 0.1) is 0 Å². The first-order valence-corrected chi connectivity index (χ1v) is 7.13. The number of hydrogen-bond donors (Lipinski definition) is 1. The van der Waals surface area contributed by atoms with Crippen molar-refractivity contribution in [2.24, 2.45) is 11.7 Å². The predicted octanol–water partition coefficient (Wildman–Crippen LogP) is 2.48. The summed E-state index contributed by atoms with van der Waals surface area (Å²) in [5, 5.41) is 0. The average molecular weight is 263 g/mol. The second kappa shape index (κ2) is 7.51. The molecular formula is C16H29N3. The van der Waals surface area contributed by atoms with E-state index in [0.29, 0.717) is 12.5 Å². The Kier molecular flexibility index (Phi) is 6.32. The number of aryl methyl sites for hydroxylation is 1. The molecular weight excluding hydrogens is 234 g/mol. The Balaban J connectivity index is 2.95. The number of hydrogen-bond acceptors (Lipinski definition) is 3. The summed E-state index contributed by atoms with van der Waals surface area (Å²) in [6.45, 7) is 10.4. The first kappa shape index (κ1) is 16.0. The highest BCUT2D eigenvalue weighted by Crippen LogP contribution is 2.22. The molecule has 0 heterocycles. The lowest BCUT2D eigenvalue weighted by Crippen LogP contribution is -2.35. The molecule has 1 aromatic rings. The van der Waals surface area contributed by atoms with Crippen LogP contribution in [0.1, 0.15) is 25.0 Å². The molecule has 0 radical (unpaired) electrons. The molecule has 0 aliphatic heterocycles. The Morgan fingerprint density at radius 1 is 1.16 bits per heavy atom. The highest BCUT2D eigenvalue weighted by atomic mass is 15.2. The van der Waals surface area contributed by atoms with Gasteiger partial charge in [-0.15, -0.1) is 0 Å².